The van der Waals surface area contributed by atoms with Gasteiger partial charge in [-0.25, -0.2) is 0 Å². The van der Waals surface area contributed by atoms with Gasteiger partial charge in [-0.3, -0.25) is 4.79 Å². The molecule has 0 saturated heterocycles. The van der Waals surface area contributed by atoms with E-state index >= 15 is 0 Å². The number of carbonyl (C=O) groups excluding carboxylic acids is 1. The van der Waals surface area contributed by atoms with Crippen LogP contribution in [0.5, 0.6) is 0 Å². The summed E-state index contributed by atoms with van der Waals surface area (Å²) in [7, 11) is 0. The normalized spacial score (nSPS) is 16.1. The lowest BCUT2D eigenvalue weighted by atomic mass is 10.0. The quantitative estimate of drug-likeness (QED) is 0.312. The number of ketones is 1. The Morgan fingerprint density at radius 3 is 1.16 bits per heavy atom. The van der Waals surface area contributed by atoms with E-state index in [0.29, 0.717) is 0 Å². The third-order valence-corrected chi connectivity index (χ3v) is 5.96. The summed E-state index contributed by atoms with van der Waals surface area (Å²) in [5.74, 6) is 0.171. The van der Waals surface area contributed by atoms with Crippen molar-refractivity contribution in [2.45, 2.75) is 12.8 Å². The Bertz CT molecular complexity index is 1170. The molecule has 5 rings (SSSR count). The molecule has 0 spiro atoms. The van der Waals surface area contributed by atoms with Gasteiger partial charge >= 0.3 is 0 Å². The smallest absolute Gasteiger partial charge is 0.185 e. The van der Waals surface area contributed by atoms with Gasteiger partial charge in [0.1, 0.15) is 0 Å². The van der Waals surface area contributed by atoms with Crippen LogP contribution in [0, 0.1) is 0 Å². The van der Waals surface area contributed by atoms with Crippen molar-refractivity contribution in [1.82, 2.24) is 0 Å². The standard InChI is InChI=1S/C31H24O/c32-31-29(21-23-11-15-27(16-12-23)25-7-3-1-4-8-25)19-20-30(31)22-24-13-17-28(18-14-24)26-9-5-2-6-10-26/h1-18,21-22H,19-20H2/b29-21+,30-22+. The molecule has 0 amide bonds. The van der Waals surface area contributed by atoms with Gasteiger partial charge in [-0.2, -0.15) is 0 Å². The first kappa shape index (κ1) is 20.0. The Kier molecular flexibility index (Phi) is 5.63. The lowest BCUT2D eigenvalue weighted by Gasteiger charge is -2.03. The molecule has 1 nitrogen and oxygen atoms in total. The lowest BCUT2D eigenvalue weighted by molar-refractivity contribution is -0.111. The van der Waals surface area contributed by atoms with E-state index in [1.54, 1.807) is 0 Å². The Hall–Kier alpha value is -3.97. The van der Waals surface area contributed by atoms with Gasteiger partial charge in [0.2, 0.25) is 0 Å². The zero-order valence-electron chi connectivity index (χ0n) is 17.9. The van der Waals surface area contributed by atoms with Crippen molar-refractivity contribution in [3.8, 4) is 22.3 Å². The third kappa shape index (κ3) is 4.38. The lowest BCUT2D eigenvalue weighted by Crippen LogP contribution is -1.95. The van der Waals surface area contributed by atoms with Crippen LogP contribution >= 0.6 is 0 Å². The molecular formula is C31H24O. The fraction of sp³-hybridized carbons (Fsp3) is 0.0645. The van der Waals surface area contributed by atoms with E-state index in [2.05, 4.69) is 72.8 Å². The molecular weight excluding hydrogens is 388 g/mol. The largest absolute Gasteiger partial charge is 0.289 e. The maximum atomic E-state index is 13.0. The van der Waals surface area contributed by atoms with Crippen molar-refractivity contribution in [3.63, 3.8) is 0 Å². The molecule has 32 heavy (non-hydrogen) atoms. The molecule has 4 aromatic carbocycles. The Labute approximate surface area is 189 Å². The molecule has 1 heteroatoms. The SMILES string of the molecule is O=C1/C(=C/c2ccc(-c3ccccc3)cc2)CC/C1=C\c1ccc(-c2ccccc2)cc1. The second-order valence-electron chi connectivity index (χ2n) is 8.14. The molecule has 1 aliphatic rings. The molecule has 0 N–H and O–H groups in total. The number of hydrogen-bond donors (Lipinski definition) is 0. The predicted molar refractivity (Wildman–Crippen MR) is 134 cm³/mol. The van der Waals surface area contributed by atoms with E-state index < -0.39 is 0 Å². The summed E-state index contributed by atoms with van der Waals surface area (Å²) in [6, 6.07) is 37.5. The monoisotopic (exact) mass is 412 g/mol. The number of hydrogen-bond acceptors (Lipinski definition) is 1. The van der Waals surface area contributed by atoms with Crippen LogP contribution in [0.25, 0.3) is 34.4 Å². The molecule has 4 aromatic rings. The van der Waals surface area contributed by atoms with E-state index in [9.17, 15) is 4.79 Å². The average Bonchev–Trinajstić information content (AvgIpc) is 3.20. The Morgan fingerprint density at radius 1 is 0.438 bits per heavy atom. The fourth-order valence-electron chi connectivity index (χ4n) is 4.19. The van der Waals surface area contributed by atoms with Crippen LogP contribution in [0.1, 0.15) is 24.0 Å². The van der Waals surface area contributed by atoms with Gasteiger partial charge in [-0.15, -0.1) is 0 Å². The Morgan fingerprint density at radius 2 is 0.781 bits per heavy atom. The predicted octanol–water partition coefficient (Wildman–Crippen LogP) is 7.85. The fourth-order valence-corrected chi connectivity index (χ4v) is 4.19. The van der Waals surface area contributed by atoms with Crippen LogP contribution < -0.4 is 0 Å². The summed E-state index contributed by atoms with van der Waals surface area (Å²) in [6.45, 7) is 0. The average molecular weight is 413 g/mol. The molecule has 0 radical (unpaired) electrons. The van der Waals surface area contributed by atoms with Crippen molar-refractivity contribution < 1.29 is 4.79 Å². The first-order valence-electron chi connectivity index (χ1n) is 11.0. The molecule has 1 aliphatic carbocycles. The van der Waals surface area contributed by atoms with Crippen molar-refractivity contribution in [3.05, 3.63) is 131 Å². The summed E-state index contributed by atoms with van der Waals surface area (Å²) in [6.07, 6.45) is 5.67. The van der Waals surface area contributed by atoms with E-state index in [-0.39, 0.29) is 5.78 Å². The van der Waals surface area contributed by atoms with E-state index in [0.717, 1.165) is 35.1 Å². The van der Waals surface area contributed by atoms with Crippen LogP contribution in [0.15, 0.2) is 120 Å². The number of rotatable bonds is 4. The highest BCUT2D eigenvalue weighted by atomic mass is 16.1. The first-order chi connectivity index (χ1) is 15.8. The minimum atomic E-state index is 0.171. The van der Waals surface area contributed by atoms with Crippen molar-refractivity contribution in [2.75, 3.05) is 0 Å². The molecule has 0 unspecified atom stereocenters. The van der Waals surface area contributed by atoms with Crippen LogP contribution in [0.2, 0.25) is 0 Å². The third-order valence-electron chi connectivity index (χ3n) is 5.96. The summed E-state index contributed by atoms with van der Waals surface area (Å²) < 4.78 is 0. The van der Waals surface area contributed by atoms with Gasteiger partial charge in [0, 0.05) is 11.1 Å². The van der Waals surface area contributed by atoms with Gasteiger partial charge in [0.15, 0.2) is 5.78 Å². The number of allylic oxidation sites excluding steroid dienone is 2. The molecule has 0 bridgehead atoms. The number of carbonyl (C=O) groups is 1. The maximum absolute atomic E-state index is 13.0. The van der Waals surface area contributed by atoms with E-state index in [4.69, 9.17) is 0 Å². The highest BCUT2D eigenvalue weighted by molar-refractivity contribution is 6.15. The Balaban J connectivity index is 1.31. The second kappa shape index (κ2) is 9.03. The highest BCUT2D eigenvalue weighted by Gasteiger charge is 2.22. The summed E-state index contributed by atoms with van der Waals surface area (Å²) in [5.41, 5.74) is 8.70. The zero-order chi connectivity index (χ0) is 21.8. The van der Waals surface area contributed by atoms with Gasteiger partial charge in [0.05, 0.1) is 0 Å². The molecule has 0 aliphatic heterocycles. The van der Waals surface area contributed by atoms with Crippen LogP contribution in [0.4, 0.5) is 0 Å². The molecule has 1 saturated carbocycles. The van der Waals surface area contributed by atoms with Crippen LogP contribution in [0.3, 0.4) is 0 Å². The second-order valence-corrected chi connectivity index (χ2v) is 8.14. The van der Waals surface area contributed by atoms with E-state index in [1.165, 1.54) is 22.3 Å². The number of benzene rings is 4. The van der Waals surface area contributed by atoms with Gasteiger partial charge < -0.3 is 0 Å². The van der Waals surface area contributed by atoms with Crippen molar-refractivity contribution in [1.29, 1.82) is 0 Å². The summed E-state index contributed by atoms with van der Waals surface area (Å²) in [5, 5.41) is 0. The first-order valence-corrected chi connectivity index (χ1v) is 11.0. The maximum Gasteiger partial charge on any atom is 0.185 e. The minimum Gasteiger partial charge on any atom is -0.289 e. The zero-order valence-corrected chi connectivity index (χ0v) is 17.9. The van der Waals surface area contributed by atoms with Crippen LogP contribution in [-0.4, -0.2) is 5.78 Å². The topological polar surface area (TPSA) is 17.1 Å². The molecule has 0 aromatic heterocycles. The summed E-state index contributed by atoms with van der Waals surface area (Å²) >= 11 is 0. The van der Waals surface area contributed by atoms with Gasteiger partial charge in [0.25, 0.3) is 0 Å². The van der Waals surface area contributed by atoms with Crippen molar-refractivity contribution in [2.24, 2.45) is 0 Å². The molecule has 0 heterocycles. The molecule has 1 fully saturated rings. The van der Waals surface area contributed by atoms with Crippen LogP contribution in [-0.2, 0) is 4.79 Å². The molecule has 0 atom stereocenters. The number of Topliss-reactive ketones (excluding diaryl/α,β-unsaturated/α-hetero) is 1. The summed E-state index contributed by atoms with van der Waals surface area (Å²) in [4.78, 5) is 13.0. The van der Waals surface area contributed by atoms with E-state index in [1.807, 2.05) is 48.6 Å². The van der Waals surface area contributed by atoms with Gasteiger partial charge in [-0.05, 0) is 58.4 Å². The van der Waals surface area contributed by atoms with Crippen molar-refractivity contribution >= 4 is 17.9 Å². The minimum absolute atomic E-state index is 0.171. The molecule has 154 valence electrons. The highest BCUT2D eigenvalue weighted by Crippen LogP contribution is 2.30. The van der Waals surface area contributed by atoms with Gasteiger partial charge in [-0.1, -0.05) is 109 Å².